The maximum absolute atomic E-state index is 13.2. The Bertz CT molecular complexity index is 868. The highest BCUT2D eigenvalue weighted by Crippen LogP contribution is 2.55. The number of aromatic nitrogens is 4. The lowest BCUT2D eigenvalue weighted by Crippen LogP contribution is -2.61. The Kier molecular flexibility index (Phi) is 3.20. The summed E-state index contributed by atoms with van der Waals surface area (Å²) in [6.07, 6.45) is 12.4. The first-order valence-electron chi connectivity index (χ1n) is 10.2. The molecule has 2 heterocycles. The summed E-state index contributed by atoms with van der Waals surface area (Å²) in [5, 5.41) is 23.0. The van der Waals surface area contributed by atoms with Crippen molar-refractivity contribution in [2.24, 2.45) is 17.8 Å². The van der Waals surface area contributed by atoms with Crippen LogP contribution in [0.4, 0.5) is 0 Å². The lowest BCUT2D eigenvalue weighted by molar-refractivity contribution is -0.136. The molecule has 5 saturated carbocycles. The van der Waals surface area contributed by atoms with E-state index in [1.54, 1.807) is 17.1 Å². The fourth-order valence-electron chi connectivity index (χ4n) is 6.17. The molecule has 5 atom stereocenters. The minimum atomic E-state index is -0.477. The zero-order valence-corrected chi connectivity index (χ0v) is 15.3. The Morgan fingerprint density at radius 1 is 1.19 bits per heavy atom. The highest BCUT2D eigenvalue weighted by atomic mass is 16.3. The minimum absolute atomic E-state index is 0.0585. The number of aliphatic hydroxyl groups is 1. The van der Waals surface area contributed by atoms with Crippen molar-refractivity contribution < 1.29 is 9.90 Å². The molecule has 5 aliphatic carbocycles. The largest absolute Gasteiger partial charge is 0.390 e. The zero-order valence-electron chi connectivity index (χ0n) is 15.3. The molecule has 1 amide bonds. The summed E-state index contributed by atoms with van der Waals surface area (Å²) in [6, 6.07) is 2.41. The number of rotatable bonds is 4. The number of hydrogen-bond acceptors (Lipinski definition) is 4. The molecule has 5 fully saturated rings. The van der Waals surface area contributed by atoms with Gasteiger partial charge in [-0.3, -0.25) is 4.79 Å². The van der Waals surface area contributed by atoms with Crippen LogP contribution in [0.2, 0.25) is 0 Å². The third-order valence-electron chi connectivity index (χ3n) is 7.17. The van der Waals surface area contributed by atoms with E-state index in [0.717, 1.165) is 50.8 Å². The van der Waals surface area contributed by atoms with Crippen molar-refractivity contribution in [2.75, 3.05) is 0 Å². The van der Waals surface area contributed by atoms with E-state index in [4.69, 9.17) is 0 Å². The first-order chi connectivity index (χ1) is 13.1. The van der Waals surface area contributed by atoms with Gasteiger partial charge in [-0.15, -0.1) is 0 Å². The van der Waals surface area contributed by atoms with Gasteiger partial charge >= 0.3 is 0 Å². The number of nitrogens with one attached hydrogen (secondary N) is 1. The molecule has 7 heteroatoms. The molecule has 2 aromatic rings. The van der Waals surface area contributed by atoms with Crippen molar-refractivity contribution in [1.82, 2.24) is 24.9 Å². The first kappa shape index (κ1) is 15.9. The van der Waals surface area contributed by atoms with Crippen LogP contribution >= 0.6 is 0 Å². The average Bonchev–Trinajstić information content (AvgIpc) is 3.15. The molecular weight excluding hydrogens is 342 g/mol. The minimum Gasteiger partial charge on any atom is -0.390 e. The van der Waals surface area contributed by atoms with Crippen LogP contribution in [0.1, 0.15) is 61.3 Å². The molecule has 4 bridgehead atoms. The Hall–Kier alpha value is -2.15. The Morgan fingerprint density at radius 2 is 1.96 bits per heavy atom. The van der Waals surface area contributed by atoms with E-state index in [2.05, 4.69) is 15.5 Å². The number of nitrogens with zero attached hydrogens (tertiary/aromatic N) is 4. The Labute approximate surface area is 157 Å². The van der Waals surface area contributed by atoms with Crippen molar-refractivity contribution in [3.8, 4) is 5.82 Å². The molecular formula is C20H25N5O2. The summed E-state index contributed by atoms with van der Waals surface area (Å²) in [5.74, 6) is 2.14. The maximum atomic E-state index is 13.2. The summed E-state index contributed by atoms with van der Waals surface area (Å²) >= 11 is 0. The van der Waals surface area contributed by atoms with Gasteiger partial charge in [0.2, 0.25) is 0 Å². The second-order valence-corrected chi connectivity index (χ2v) is 9.20. The van der Waals surface area contributed by atoms with Crippen LogP contribution in [0.25, 0.3) is 5.82 Å². The third-order valence-corrected chi connectivity index (χ3v) is 7.17. The van der Waals surface area contributed by atoms with Crippen LogP contribution < -0.4 is 5.32 Å². The zero-order chi connectivity index (χ0) is 18.2. The fourth-order valence-corrected chi connectivity index (χ4v) is 6.17. The van der Waals surface area contributed by atoms with E-state index in [9.17, 15) is 9.90 Å². The van der Waals surface area contributed by atoms with Crippen LogP contribution in [0.3, 0.4) is 0 Å². The van der Waals surface area contributed by atoms with Gasteiger partial charge in [0.1, 0.15) is 5.56 Å². The predicted molar refractivity (Wildman–Crippen MR) is 97.4 cm³/mol. The summed E-state index contributed by atoms with van der Waals surface area (Å²) in [6.45, 7) is 0. The molecule has 4 unspecified atom stereocenters. The lowest BCUT2D eigenvalue weighted by atomic mass is 9.52. The summed E-state index contributed by atoms with van der Waals surface area (Å²) < 4.78 is 3.70. The SMILES string of the molecule is O=C(NC1C2CC3C[C@H]1CC(O)(C3)C2)c1cnn(C2CC2)c1-n1cccn1. The third kappa shape index (κ3) is 2.47. The number of hydrogen-bond donors (Lipinski definition) is 2. The highest BCUT2D eigenvalue weighted by Gasteiger charge is 2.55. The molecule has 142 valence electrons. The van der Waals surface area contributed by atoms with Gasteiger partial charge < -0.3 is 10.4 Å². The number of amides is 1. The molecule has 7 nitrogen and oxygen atoms in total. The molecule has 7 rings (SSSR count). The fraction of sp³-hybridized carbons (Fsp3) is 0.650. The van der Waals surface area contributed by atoms with Crippen LogP contribution in [-0.4, -0.2) is 42.2 Å². The predicted octanol–water partition coefficient (Wildman–Crippen LogP) is 2.07. The summed E-state index contributed by atoms with van der Waals surface area (Å²) in [5.41, 5.74) is 0.118. The molecule has 0 aliphatic heterocycles. The van der Waals surface area contributed by atoms with Crippen LogP contribution in [0.15, 0.2) is 24.7 Å². The highest BCUT2D eigenvalue weighted by molar-refractivity contribution is 5.97. The van der Waals surface area contributed by atoms with E-state index < -0.39 is 5.60 Å². The maximum Gasteiger partial charge on any atom is 0.256 e. The van der Waals surface area contributed by atoms with Crippen molar-refractivity contribution in [3.63, 3.8) is 0 Å². The van der Waals surface area contributed by atoms with E-state index >= 15 is 0 Å². The summed E-state index contributed by atoms with van der Waals surface area (Å²) in [4.78, 5) is 13.2. The van der Waals surface area contributed by atoms with Crippen molar-refractivity contribution in [3.05, 3.63) is 30.2 Å². The number of carbonyl (C=O) groups excluding carboxylic acids is 1. The molecule has 2 N–H and O–H groups in total. The Balaban J connectivity index is 1.29. The normalized spacial score (nSPS) is 36.9. The molecule has 2 aromatic heterocycles. The molecule has 27 heavy (non-hydrogen) atoms. The second-order valence-electron chi connectivity index (χ2n) is 9.20. The molecule has 0 radical (unpaired) electrons. The van der Waals surface area contributed by atoms with Gasteiger partial charge in [-0.1, -0.05) is 0 Å². The first-order valence-corrected chi connectivity index (χ1v) is 10.2. The molecule has 0 spiro atoms. The van der Waals surface area contributed by atoms with Gasteiger partial charge in [0.15, 0.2) is 5.82 Å². The van der Waals surface area contributed by atoms with Gasteiger partial charge in [0.05, 0.1) is 17.8 Å². The van der Waals surface area contributed by atoms with Gasteiger partial charge in [0.25, 0.3) is 5.91 Å². The smallest absolute Gasteiger partial charge is 0.256 e. The van der Waals surface area contributed by atoms with E-state index in [1.165, 1.54) is 0 Å². The van der Waals surface area contributed by atoms with Crippen LogP contribution in [0.5, 0.6) is 0 Å². The average molecular weight is 367 g/mol. The van der Waals surface area contributed by atoms with E-state index in [0.29, 0.717) is 29.4 Å². The Morgan fingerprint density at radius 3 is 2.59 bits per heavy atom. The monoisotopic (exact) mass is 367 g/mol. The van der Waals surface area contributed by atoms with Crippen LogP contribution in [-0.2, 0) is 0 Å². The molecule has 0 aromatic carbocycles. The summed E-state index contributed by atoms with van der Waals surface area (Å²) in [7, 11) is 0. The standard InChI is InChI=1S/C20H25N5O2/c26-18(23-17-13-6-12-7-14(17)10-20(27,8-12)9-13)16-11-22-25(15-2-3-15)19(16)24-5-1-4-21-24/h1,4-5,11-15,17,27H,2-3,6-10H2,(H,23,26)/t12?,13-,14?,17?,20?/m0/s1. The van der Waals surface area contributed by atoms with E-state index in [-0.39, 0.29) is 11.9 Å². The van der Waals surface area contributed by atoms with Gasteiger partial charge in [-0.05, 0) is 68.8 Å². The number of carbonyl (C=O) groups is 1. The van der Waals surface area contributed by atoms with Gasteiger partial charge in [0, 0.05) is 18.4 Å². The van der Waals surface area contributed by atoms with Gasteiger partial charge in [-0.2, -0.15) is 10.2 Å². The van der Waals surface area contributed by atoms with Crippen molar-refractivity contribution in [2.45, 2.75) is 62.6 Å². The second kappa shape index (κ2) is 5.44. The molecule has 5 aliphatic rings. The quantitative estimate of drug-likeness (QED) is 0.866. The van der Waals surface area contributed by atoms with Gasteiger partial charge in [-0.25, -0.2) is 9.36 Å². The van der Waals surface area contributed by atoms with Crippen molar-refractivity contribution >= 4 is 5.91 Å². The van der Waals surface area contributed by atoms with Crippen LogP contribution in [0, 0.1) is 17.8 Å². The van der Waals surface area contributed by atoms with E-state index in [1.807, 2.05) is 16.9 Å². The van der Waals surface area contributed by atoms with Crippen molar-refractivity contribution in [1.29, 1.82) is 0 Å². The topological polar surface area (TPSA) is 85.0 Å². The molecule has 0 saturated heterocycles. The lowest BCUT2D eigenvalue weighted by Gasteiger charge is -2.58.